The maximum absolute atomic E-state index is 4.81. The Morgan fingerprint density at radius 3 is 2.57 bits per heavy atom. The molecule has 2 rings (SSSR count). The molecule has 1 aromatic heterocycles. The molecule has 1 aromatic carbocycles. The van der Waals surface area contributed by atoms with Crippen LogP contribution in [0.1, 0.15) is 46.4 Å². The van der Waals surface area contributed by atoms with Crippen LogP contribution in [0.4, 0.5) is 0 Å². The van der Waals surface area contributed by atoms with Gasteiger partial charge in [-0.3, -0.25) is 0 Å². The van der Waals surface area contributed by atoms with E-state index in [0.717, 1.165) is 18.5 Å². The third-order valence-corrected chi connectivity index (χ3v) is 4.34. The summed E-state index contributed by atoms with van der Waals surface area (Å²) in [5, 5.41) is 3.46. The van der Waals surface area contributed by atoms with Crippen molar-refractivity contribution >= 4 is 11.0 Å². The molecule has 0 saturated carbocycles. The highest BCUT2D eigenvalue weighted by molar-refractivity contribution is 5.75. The minimum Gasteiger partial charge on any atom is -0.328 e. The number of benzene rings is 1. The lowest BCUT2D eigenvalue weighted by atomic mass is 9.84. The van der Waals surface area contributed by atoms with Gasteiger partial charge in [0.15, 0.2) is 0 Å². The first-order valence-corrected chi connectivity index (χ1v) is 8.08. The Morgan fingerprint density at radius 2 is 1.95 bits per heavy atom. The van der Waals surface area contributed by atoms with Crippen LogP contribution in [0, 0.1) is 5.41 Å². The third kappa shape index (κ3) is 3.65. The number of para-hydroxylation sites is 2. The lowest BCUT2D eigenvalue weighted by molar-refractivity contribution is 0.263. The molecular formula is C18H29N3. The van der Waals surface area contributed by atoms with Crippen molar-refractivity contribution < 1.29 is 0 Å². The molecular weight excluding hydrogens is 258 g/mol. The summed E-state index contributed by atoms with van der Waals surface area (Å²) in [5.41, 5.74) is 2.69. The van der Waals surface area contributed by atoms with Crippen LogP contribution in [0.2, 0.25) is 0 Å². The first-order valence-electron chi connectivity index (χ1n) is 8.08. The van der Waals surface area contributed by atoms with E-state index >= 15 is 0 Å². The molecule has 1 atom stereocenters. The van der Waals surface area contributed by atoms with Crippen molar-refractivity contribution in [1.29, 1.82) is 0 Å². The van der Waals surface area contributed by atoms with Crippen molar-refractivity contribution in [2.75, 3.05) is 7.05 Å². The van der Waals surface area contributed by atoms with Crippen molar-refractivity contribution in [2.45, 2.75) is 59.5 Å². The fourth-order valence-electron chi connectivity index (χ4n) is 3.14. The van der Waals surface area contributed by atoms with Crippen LogP contribution in [-0.4, -0.2) is 22.6 Å². The minimum atomic E-state index is 0.305. The van der Waals surface area contributed by atoms with E-state index in [0.29, 0.717) is 11.5 Å². The Morgan fingerprint density at radius 1 is 1.24 bits per heavy atom. The zero-order valence-electron chi connectivity index (χ0n) is 14.1. The molecule has 0 spiro atoms. The molecule has 0 aliphatic heterocycles. The molecule has 3 heteroatoms. The number of imidazole rings is 1. The van der Waals surface area contributed by atoms with E-state index in [4.69, 9.17) is 4.98 Å². The molecule has 0 saturated heterocycles. The van der Waals surface area contributed by atoms with Crippen LogP contribution in [0.3, 0.4) is 0 Å². The normalized spacial score (nSPS) is 13.8. The lowest BCUT2D eigenvalue weighted by Crippen LogP contribution is -2.38. The highest BCUT2D eigenvalue weighted by Crippen LogP contribution is 2.24. The van der Waals surface area contributed by atoms with Crippen molar-refractivity contribution in [2.24, 2.45) is 5.41 Å². The summed E-state index contributed by atoms with van der Waals surface area (Å²) < 4.78 is 2.35. The molecule has 0 amide bonds. The highest BCUT2D eigenvalue weighted by atomic mass is 15.1. The molecule has 0 aliphatic rings. The summed E-state index contributed by atoms with van der Waals surface area (Å²) >= 11 is 0. The molecule has 1 heterocycles. The number of fused-ring (bicyclic) bond motifs is 1. The largest absolute Gasteiger partial charge is 0.328 e. The van der Waals surface area contributed by atoms with E-state index < -0.39 is 0 Å². The van der Waals surface area contributed by atoms with Crippen LogP contribution in [0.15, 0.2) is 24.3 Å². The van der Waals surface area contributed by atoms with Crippen molar-refractivity contribution in [3.63, 3.8) is 0 Å². The topological polar surface area (TPSA) is 29.9 Å². The van der Waals surface area contributed by atoms with Crippen molar-refractivity contribution in [1.82, 2.24) is 14.9 Å². The second kappa shape index (κ2) is 6.61. The zero-order chi connectivity index (χ0) is 15.5. The molecule has 0 radical (unpaired) electrons. The minimum absolute atomic E-state index is 0.305. The van der Waals surface area contributed by atoms with Gasteiger partial charge in [0.2, 0.25) is 0 Å². The third-order valence-electron chi connectivity index (χ3n) is 4.34. The SMILES string of the molecule is CCn1c(CCCC(NC)C(C)(C)C)nc2ccccc21. The number of hydrogen-bond acceptors (Lipinski definition) is 2. The molecule has 3 nitrogen and oxygen atoms in total. The molecule has 0 fully saturated rings. The Balaban J connectivity index is 2.07. The van der Waals surface area contributed by atoms with E-state index in [9.17, 15) is 0 Å². The molecule has 0 aliphatic carbocycles. The van der Waals surface area contributed by atoms with Gasteiger partial charge >= 0.3 is 0 Å². The Hall–Kier alpha value is -1.35. The van der Waals surface area contributed by atoms with Gasteiger partial charge in [0.05, 0.1) is 11.0 Å². The smallest absolute Gasteiger partial charge is 0.109 e. The van der Waals surface area contributed by atoms with Gasteiger partial charge in [0, 0.05) is 19.0 Å². The standard InChI is InChI=1S/C18H29N3/c1-6-21-15-11-8-7-10-14(15)20-17(21)13-9-12-16(19-5)18(2,3)4/h7-8,10-11,16,19H,6,9,12-13H2,1-5H3. The molecule has 1 unspecified atom stereocenters. The lowest BCUT2D eigenvalue weighted by Gasteiger charge is -2.30. The van der Waals surface area contributed by atoms with Gasteiger partial charge in [-0.05, 0) is 44.4 Å². The molecule has 0 bridgehead atoms. The van der Waals surface area contributed by atoms with Crippen LogP contribution >= 0.6 is 0 Å². The second-order valence-electron chi connectivity index (χ2n) is 6.86. The second-order valence-corrected chi connectivity index (χ2v) is 6.86. The monoisotopic (exact) mass is 287 g/mol. The average Bonchev–Trinajstić information content (AvgIpc) is 2.79. The number of aryl methyl sites for hydroxylation is 2. The molecule has 21 heavy (non-hydrogen) atoms. The van der Waals surface area contributed by atoms with E-state index in [1.807, 2.05) is 0 Å². The first kappa shape index (κ1) is 16.0. The van der Waals surface area contributed by atoms with Crippen LogP contribution in [0.5, 0.6) is 0 Å². The number of aromatic nitrogens is 2. The molecule has 1 N–H and O–H groups in total. The maximum Gasteiger partial charge on any atom is 0.109 e. The average molecular weight is 287 g/mol. The highest BCUT2D eigenvalue weighted by Gasteiger charge is 2.22. The predicted octanol–water partition coefficient (Wildman–Crippen LogP) is 4.01. The van der Waals surface area contributed by atoms with Crippen molar-refractivity contribution in [3.8, 4) is 0 Å². The summed E-state index contributed by atoms with van der Waals surface area (Å²) in [5.74, 6) is 1.22. The van der Waals surface area contributed by atoms with Gasteiger partial charge in [-0.25, -0.2) is 4.98 Å². The van der Waals surface area contributed by atoms with Gasteiger partial charge in [-0.2, -0.15) is 0 Å². The molecule has 116 valence electrons. The van der Waals surface area contributed by atoms with Gasteiger partial charge in [-0.15, -0.1) is 0 Å². The van der Waals surface area contributed by atoms with E-state index in [2.05, 4.69) is 68.9 Å². The van der Waals surface area contributed by atoms with Crippen LogP contribution in [0.25, 0.3) is 11.0 Å². The van der Waals surface area contributed by atoms with Crippen LogP contribution in [-0.2, 0) is 13.0 Å². The molecule has 2 aromatic rings. The van der Waals surface area contributed by atoms with Gasteiger partial charge < -0.3 is 9.88 Å². The van der Waals surface area contributed by atoms with Gasteiger partial charge in [-0.1, -0.05) is 32.9 Å². The quantitative estimate of drug-likeness (QED) is 0.870. The van der Waals surface area contributed by atoms with Gasteiger partial charge in [0.25, 0.3) is 0 Å². The van der Waals surface area contributed by atoms with E-state index in [1.54, 1.807) is 0 Å². The summed E-state index contributed by atoms with van der Waals surface area (Å²) in [6, 6.07) is 8.99. The number of hydrogen-bond donors (Lipinski definition) is 1. The summed E-state index contributed by atoms with van der Waals surface area (Å²) in [4.78, 5) is 4.81. The van der Waals surface area contributed by atoms with E-state index in [1.165, 1.54) is 24.2 Å². The number of nitrogens with zero attached hydrogens (tertiary/aromatic N) is 2. The van der Waals surface area contributed by atoms with Crippen LogP contribution < -0.4 is 5.32 Å². The first-order chi connectivity index (χ1) is 9.97. The summed E-state index contributed by atoms with van der Waals surface area (Å²) in [6.07, 6.45) is 3.41. The Kier molecular flexibility index (Phi) is 5.04. The summed E-state index contributed by atoms with van der Waals surface area (Å²) in [7, 11) is 2.07. The predicted molar refractivity (Wildman–Crippen MR) is 90.6 cm³/mol. The fourth-order valence-corrected chi connectivity index (χ4v) is 3.14. The number of rotatable bonds is 6. The van der Waals surface area contributed by atoms with Gasteiger partial charge in [0.1, 0.15) is 5.82 Å². The van der Waals surface area contributed by atoms with Crippen molar-refractivity contribution in [3.05, 3.63) is 30.1 Å². The maximum atomic E-state index is 4.81. The Labute approximate surface area is 128 Å². The zero-order valence-corrected chi connectivity index (χ0v) is 14.1. The van der Waals surface area contributed by atoms with E-state index in [-0.39, 0.29) is 0 Å². The number of nitrogens with one attached hydrogen (secondary N) is 1. The summed E-state index contributed by atoms with van der Waals surface area (Å²) in [6.45, 7) is 10.1. The Bertz CT molecular complexity index is 578. The fraction of sp³-hybridized carbons (Fsp3) is 0.611.